The lowest BCUT2D eigenvalue weighted by atomic mass is 10.3. The van der Waals surface area contributed by atoms with Gasteiger partial charge in [0.25, 0.3) is 0 Å². The molecule has 0 saturated heterocycles. The van der Waals surface area contributed by atoms with Gasteiger partial charge in [-0.1, -0.05) is 36.1 Å². The number of anilines is 1. The lowest BCUT2D eigenvalue weighted by molar-refractivity contribution is 0.836. The van der Waals surface area contributed by atoms with E-state index in [1.165, 1.54) is 4.88 Å². The zero-order valence-corrected chi connectivity index (χ0v) is 13.7. The Hall–Kier alpha value is -1.10. The Morgan fingerprint density at radius 1 is 1.50 bits per heavy atom. The Balaban J connectivity index is 1.73. The molecule has 7 heteroatoms. The first-order valence-electron chi connectivity index (χ1n) is 6.41. The highest BCUT2D eigenvalue weighted by Crippen LogP contribution is 2.30. The lowest BCUT2D eigenvalue weighted by Crippen LogP contribution is -2.03. The molecule has 1 atom stereocenters. The van der Waals surface area contributed by atoms with E-state index in [1.54, 1.807) is 34.4 Å². The van der Waals surface area contributed by atoms with Crippen LogP contribution < -0.4 is 5.32 Å². The topological polar surface area (TPSA) is 61.6 Å². The van der Waals surface area contributed by atoms with E-state index in [0.717, 1.165) is 28.9 Å². The molecule has 2 rings (SSSR count). The second-order valence-corrected chi connectivity index (χ2v) is 7.95. The SMILES string of the molecule is CC(CCC#N)Sc1nnc(NCCc2cccs2)s1. The molecule has 0 amide bonds. The first-order valence-corrected chi connectivity index (χ1v) is 8.99. The van der Waals surface area contributed by atoms with Gasteiger partial charge in [-0.2, -0.15) is 5.26 Å². The maximum atomic E-state index is 8.57. The predicted octanol–water partition coefficient (Wildman–Crippen LogP) is 4.04. The first kappa shape index (κ1) is 15.3. The van der Waals surface area contributed by atoms with Crippen LogP contribution in [0, 0.1) is 11.3 Å². The van der Waals surface area contributed by atoms with Crippen LogP contribution in [0.3, 0.4) is 0 Å². The molecule has 0 spiro atoms. The van der Waals surface area contributed by atoms with Gasteiger partial charge in [0.1, 0.15) is 0 Å². The van der Waals surface area contributed by atoms with Crippen LogP contribution in [0.5, 0.6) is 0 Å². The standard InChI is InChI=1S/C13H16N4S3/c1-10(4-2-7-14)19-13-17-16-12(20-13)15-8-6-11-5-3-9-18-11/h3,5,9-10H,2,4,6,8H2,1H3,(H,15,16). The molecular weight excluding hydrogens is 308 g/mol. The Labute approximate surface area is 131 Å². The molecule has 20 heavy (non-hydrogen) atoms. The predicted molar refractivity (Wildman–Crippen MR) is 86.6 cm³/mol. The molecule has 1 unspecified atom stereocenters. The molecule has 2 heterocycles. The third kappa shape index (κ3) is 5.12. The van der Waals surface area contributed by atoms with Gasteiger partial charge < -0.3 is 5.32 Å². The van der Waals surface area contributed by atoms with E-state index in [2.05, 4.69) is 46.0 Å². The second kappa shape index (κ2) is 8.25. The molecule has 0 aliphatic heterocycles. The fourth-order valence-corrected chi connectivity index (χ4v) is 4.38. The molecule has 4 nitrogen and oxygen atoms in total. The van der Waals surface area contributed by atoms with E-state index < -0.39 is 0 Å². The first-order chi connectivity index (χ1) is 9.78. The van der Waals surface area contributed by atoms with Crippen LogP contribution in [0.15, 0.2) is 21.9 Å². The summed E-state index contributed by atoms with van der Waals surface area (Å²) < 4.78 is 0.967. The fraction of sp³-hybridized carbons (Fsp3) is 0.462. The highest BCUT2D eigenvalue weighted by Gasteiger charge is 2.09. The van der Waals surface area contributed by atoms with Crippen molar-refractivity contribution in [3.05, 3.63) is 22.4 Å². The molecular formula is C13H16N4S3. The van der Waals surface area contributed by atoms with Gasteiger partial charge in [-0.15, -0.1) is 21.5 Å². The van der Waals surface area contributed by atoms with Crippen LogP contribution in [0.1, 0.15) is 24.6 Å². The number of nitrogens with zero attached hydrogens (tertiary/aromatic N) is 3. The minimum Gasteiger partial charge on any atom is -0.360 e. The number of thiophene rings is 1. The Morgan fingerprint density at radius 2 is 2.40 bits per heavy atom. The molecule has 2 aromatic rings. The summed E-state index contributed by atoms with van der Waals surface area (Å²) in [5.74, 6) is 0. The molecule has 0 fully saturated rings. The average molecular weight is 324 g/mol. The number of hydrogen-bond donors (Lipinski definition) is 1. The zero-order valence-electron chi connectivity index (χ0n) is 11.2. The average Bonchev–Trinajstić information content (AvgIpc) is 3.08. The summed E-state index contributed by atoms with van der Waals surface area (Å²) in [4.78, 5) is 1.38. The highest BCUT2D eigenvalue weighted by atomic mass is 32.2. The highest BCUT2D eigenvalue weighted by molar-refractivity contribution is 8.01. The van der Waals surface area contributed by atoms with E-state index in [-0.39, 0.29) is 0 Å². The number of thioether (sulfide) groups is 1. The summed E-state index contributed by atoms with van der Waals surface area (Å²) in [6, 6.07) is 6.39. The van der Waals surface area contributed by atoms with Crippen molar-refractivity contribution in [1.82, 2.24) is 10.2 Å². The van der Waals surface area contributed by atoms with Gasteiger partial charge in [-0.25, -0.2) is 0 Å². The van der Waals surface area contributed by atoms with Crippen molar-refractivity contribution in [2.45, 2.75) is 35.8 Å². The largest absolute Gasteiger partial charge is 0.360 e. The van der Waals surface area contributed by atoms with Gasteiger partial charge in [0, 0.05) is 23.1 Å². The van der Waals surface area contributed by atoms with Crippen molar-refractivity contribution >= 4 is 39.6 Å². The number of rotatable bonds is 8. The van der Waals surface area contributed by atoms with Crippen LogP contribution in [0.4, 0.5) is 5.13 Å². The number of hydrogen-bond acceptors (Lipinski definition) is 7. The molecule has 1 N–H and O–H groups in total. The smallest absolute Gasteiger partial charge is 0.206 e. The van der Waals surface area contributed by atoms with E-state index in [9.17, 15) is 0 Å². The summed E-state index contributed by atoms with van der Waals surface area (Å²) in [5.41, 5.74) is 0. The Kier molecular flexibility index (Phi) is 6.30. The van der Waals surface area contributed by atoms with Gasteiger partial charge in [0.15, 0.2) is 4.34 Å². The van der Waals surface area contributed by atoms with Crippen molar-refractivity contribution < 1.29 is 0 Å². The van der Waals surface area contributed by atoms with Crippen LogP contribution in [-0.4, -0.2) is 22.0 Å². The normalized spacial score (nSPS) is 12.0. The van der Waals surface area contributed by atoms with Crippen LogP contribution in [-0.2, 0) is 6.42 Å². The van der Waals surface area contributed by atoms with E-state index in [1.807, 2.05) is 0 Å². The number of nitrogens with one attached hydrogen (secondary N) is 1. The maximum Gasteiger partial charge on any atom is 0.206 e. The molecule has 0 aliphatic rings. The summed E-state index contributed by atoms with van der Waals surface area (Å²) in [7, 11) is 0. The summed E-state index contributed by atoms with van der Waals surface area (Å²) in [6.07, 6.45) is 2.50. The molecule has 0 aliphatic carbocycles. The third-order valence-corrected chi connectivity index (χ3v) is 5.67. The summed E-state index contributed by atoms with van der Waals surface area (Å²) in [5, 5.41) is 23.6. The number of aromatic nitrogens is 2. The van der Waals surface area contributed by atoms with Crippen LogP contribution >= 0.6 is 34.4 Å². The lowest BCUT2D eigenvalue weighted by Gasteiger charge is -2.04. The minimum atomic E-state index is 0.404. The summed E-state index contributed by atoms with van der Waals surface area (Å²) in [6.45, 7) is 3.00. The number of nitriles is 1. The van der Waals surface area contributed by atoms with Crippen molar-refractivity contribution in [2.75, 3.05) is 11.9 Å². The monoisotopic (exact) mass is 324 g/mol. The van der Waals surface area contributed by atoms with E-state index in [0.29, 0.717) is 11.7 Å². The van der Waals surface area contributed by atoms with Gasteiger partial charge in [-0.3, -0.25) is 0 Å². The second-order valence-electron chi connectivity index (χ2n) is 4.25. The van der Waals surface area contributed by atoms with Crippen molar-refractivity contribution in [2.24, 2.45) is 0 Å². The van der Waals surface area contributed by atoms with Gasteiger partial charge >= 0.3 is 0 Å². The summed E-state index contributed by atoms with van der Waals surface area (Å²) >= 11 is 5.05. The zero-order chi connectivity index (χ0) is 14.2. The van der Waals surface area contributed by atoms with Crippen molar-refractivity contribution in [1.29, 1.82) is 5.26 Å². The molecule has 0 radical (unpaired) electrons. The quantitative estimate of drug-likeness (QED) is 0.743. The van der Waals surface area contributed by atoms with Crippen molar-refractivity contribution in [3.63, 3.8) is 0 Å². The maximum absolute atomic E-state index is 8.57. The van der Waals surface area contributed by atoms with E-state index >= 15 is 0 Å². The Bertz CT molecular complexity index is 544. The van der Waals surface area contributed by atoms with Crippen molar-refractivity contribution in [3.8, 4) is 6.07 Å². The molecule has 0 saturated carbocycles. The molecule has 2 aromatic heterocycles. The van der Waals surface area contributed by atoms with Gasteiger partial charge in [0.2, 0.25) is 5.13 Å². The Morgan fingerprint density at radius 3 is 3.15 bits per heavy atom. The fourth-order valence-electron chi connectivity index (χ4n) is 1.58. The van der Waals surface area contributed by atoms with Gasteiger partial charge in [-0.05, 0) is 24.3 Å². The molecule has 0 aromatic carbocycles. The van der Waals surface area contributed by atoms with Crippen LogP contribution in [0.2, 0.25) is 0 Å². The van der Waals surface area contributed by atoms with E-state index in [4.69, 9.17) is 5.26 Å². The third-order valence-electron chi connectivity index (χ3n) is 2.60. The van der Waals surface area contributed by atoms with Crippen LogP contribution in [0.25, 0.3) is 0 Å². The minimum absolute atomic E-state index is 0.404. The molecule has 106 valence electrons. The van der Waals surface area contributed by atoms with Gasteiger partial charge in [0.05, 0.1) is 6.07 Å². The molecule has 0 bridgehead atoms.